The van der Waals surface area contributed by atoms with E-state index in [2.05, 4.69) is 16.8 Å². The lowest BCUT2D eigenvalue weighted by Crippen LogP contribution is -3.08. The summed E-state index contributed by atoms with van der Waals surface area (Å²) in [6, 6.07) is 8.01. The largest absolute Gasteiger partial charge is 0.325 e. The minimum absolute atomic E-state index is 0.0158. The first-order valence-corrected chi connectivity index (χ1v) is 8.11. The number of quaternary nitrogens is 1. The van der Waals surface area contributed by atoms with Gasteiger partial charge in [-0.3, -0.25) is 4.79 Å². The van der Waals surface area contributed by atoms with Crippen molar-refractivity contribution >= 4 is 34.5 Å². The molecule has 1 aromatic carbocycles. The summed E-state index contributed by atoms with van der Waals surface area (Å²) in [6.07, 6.45) is 0. The molecule has 0 aliphatic carbocycles. The smallest absolute Gasteiger partial charge is 0.279 e. The van der Waals surface area contributed by atoms with Gasteiger partial charge in [-0.25, -0.2) is 0 Å². The fourth-order valence-electron chi connectivity index (χ4n) is 2.30. The van der Waals surface area contributed by atoms with Crippen LogP contribution in [0.4, 0.5) is 5.69 Å². The van der Waals surface area contributed by atoms with E-state index in [-0.39, 0.29) is 5.91 Å². The number of thiophene rings is 1. The molecule has 112 valence electrons. The third kappa shape index (κ3) is 4.56. The monoisotopic (exact) mass is 323 g/mol. The third-order valence-corrected chi connectivity index (χ3v) is 4.39. The molecule has 1 aromatic heterocycles. The lowest BCUT2D eigenvalue weighted by atomic mass is 10.1. The van der Waals surface area contributed by atoms with Crippen LogP contribution in [0.5, 0.6) is 0 Å². The zero-order valence-corrected chi connectivity index (χ0v) is 14.1. The summed E-state index contributed by atoms with van der Waals surface area (Å²) in [4.78, 5) is 14.6. The number of hydrogen-bond donors (Lipinski definition) is 2. The predicted octanol–water partition coefficient (Wildman–Crippen LogP) is 2.67. The number of hydrogen-bond acceptors (Lipinski definition) is 2. The number of aryl methyl sites for hydroxylation is 2. The van der Waals surface area contributed by atoms with Crippen molar-refractivity contribution in [3.63, 3.8) is 0 Å². The van der Waals surface area contributed by atoms with Crippen molar-refractivity contribution in [1.82, 2.24) is 0 Å². The van der Waals surface area contributed by atoms with Crippen LogP contribution < -0.4 is 10.2 Å². The number of halogens is 1. The zero-order valence-electron chi connectivity index (χ0n) is 12.5. The van der Waals surface area contributed by atoms with E-state index in [9.17, 15) is 4.79 Å². The van der Waals surface area contributed by atoms with Crippen LogP contribution >= 0.6 is 22.9 Å². The Kier molecular flexibility index (Phi) is 5.39. The first kappa shape index (κ1) is 16.0. The van der Waals surface area contributed by atoms with E-state index in [0.717, 1.165) is 28.3 Å². The molecule has 0 spiro atoms. The molecule has 1 heterocycles. The Hall–Kier alpha value is -1.36. The molecule has 0 fully saturated rings. The van der Waals surface area contributed by atoms with Crippen LogP contribution in [0.1, 0.15) is 16.0 Å². The van der Waals surface area contributed by atoms with Gasteiger partial charge in [-0.15, -0.1) is 11.3 Å². The average molecular weight is 324 g/mol. The Morgan fingerprint density at radius 1 is 1.38 bits per heavy atom. The maximum atomic E-state index is 12.2. The van der Waals surface area contributed by atoms with E-state index < -0.39 is 0 Å². The summed E-state index contributed by atoms with van der Waals surface area (Å²) < 4.78 is 0. The van der Waals surface area contributed by atoms with Crippen molar-refractivity contribution in [2.45, 2.75) is 20.4 Å². The molecule has 0 saturated heterocycles. The Morgan fingerprint density at radius 2 is 2.14 bits per heavy atom. The van der Waals surface area contributed by atoms with Gasteiger partial charge in [0.1, 0.15) is 6.54 Å². The minimum atomic E-state index is -0.0158. The second-order valence-electron chi connectivity index (χ2n) is 5.38. The second-order valence-corrected chi connectivity index (χ2v) is 6.82. The van der Waals surface area contributed by atoms with Gasteiger partial charge in [0.05, 0.1) is 22.6 Å². The Morgan fingerprint density at radius 3 is 2.76 bits per heavy atom. The molecule has 0 bridgehead atoms. The summed E-state index contributed by atoms with van der Waals surface area (Å²) in [5, 5.41) is 5.58. The quantitative estimate of drug-likeness (QED) is 0.871. The molecule has 1 amide bonds. The molecule has 0 saturated carbocycles. The van der Waals surface area contributed by atoms with Crippen LogP contribution in [0, 0.1) is 13.8 Å². The van der Waals surface area contributed by atoms with Gasteiger partial charge in [-0.05, 0) is 42.5 Å². The van der Waals surface area contributed by atoms with Gasteiger partial charge in [0.25, 0.3) is 5.91 Å². The van der Waals surface area contributed by atoms with Crippen LogP contribution in [-0.4, -0.2) is 19.5 Å². The molecule has 2 rings (SSSR count). The molecule has 0 aliphatic heterocycles. The number of amides is 1. The van der Waals surface area contributed by atoms with Crippen molar-refractivity contribution in [1.29, 1.82) is 0 Å². The van der Waals surface area contributed by atoms with Crippen molar-refractivity contribution in [3.05, 3.63) is 50.7 Å². The van der Waals surface area contributed by atoms with Gasteiger partial charge >= 0.3 is 0 Å². The Labute approximate surface area is 134 Å². The molecular weight excluding hydrogens is 304 g/mol. The molecule has 21 heavy (non-hydrogen) atoms. The second kappa shape index (κ2) is 7.07. The standard InChI is InChI=1S/C16H19ClN2OS/c1-11-7-12(2)16(14(17)8-11)18-15(20)10-19(3)9-13-5-4-6-21-13/h4-8H,9-10H2,1-3H3,(H,18,20)/p+1. The molecule has 0 radical (unpaired) electrons. The Bertz CT molecular complexity index is 602. The van der Waals surface area contributed by atoms with Gasteiger partial charge in [-0.1, -0.05) is 23.7 Å². The van der Waals surface area contributed by atoms with Crippen LogP contribution in [-0.2, 0) is 11.3 Å². The lowest BCUT2D eigenvalue weighted by Gasteiger charge is -2.15. The van der Waals surface area contributed by atoms with Gasteiger partial charge in [0.15, 0.2) is 6.54 Å². The Balaban J connectivity index is 1.95. The first-order chi connectivity index (χ1) is 9.95. The highest BCUT2D eigenvalue weighted by atomic mass is 35.5. The van der Waals surface area contributed by atoms with Gasteiger partial charge in [0, 0.05) is 0 Å². The van der Waals surface area contributed by atoms with Crippen molar-refractivity contribution in [2.24, 2.45) is 0 Å². The summed E-state index contributed by atoms with van der Waals surface area (Å²) in [5.41, 5.74) is 2.80. The van der Waals surface area contributed by atoms with Crippen molar-refractivity contribution < 1.29 is 9.69 Å². The normalized spacial score (nSPS) is 12.2. The first-order valence-electron chi connectivity index (χ1n) is 6.86. The summed E-state index contributed by atoms with van der Waals surface area (Å²) >= 11 is 7.93. The highest BCUT2D eigenvalue weighted by molar-refractivity contribution is 7.09. The highest BCUT2D eigenvalue weighted by Crippen LogP contribution is 2.27. The van der Waals surface area contributed by atoms with Crippen molar-refractivity contribution in [3.8, 4) is 0 Å². The van der Waals surface area contributed by atoms with Crippen LogP contribution in [0.2, 0.25) is 5.02 Å². The number of rotatable bonds is 5. The van der Waals surface area contributed by atoms with Crippen LogP contribution in [0.25, 0.3) is 0 Å². The van der Waals surface area contributed by atoms with E-state index in [1.54, 1.807) is 11.3 Å². The summed E-state index contributed by atoms with van der Waals surface area (Å²) in [6.45, 7) is 5.22. The predicted molar refractivity (Wildman–Crippen MR) is 89.3 cm³/mol. The third-order valence-electron chi connectivity index (χ3n) is 3.21. The highest BCUT2D eigenvalue weighted by Gasteiger charge is 2.14. The van der Waals surface area contributed by atoms with E-state index in [1.807, 2.05) is 39.1 Å². The zero-order chi connectivity index (χ0) is 15.4. The van der Waals surface area contributed by atoms with Gasteiger partial charge in [-0.2, -0.15) is 0 Å². The van der Waals surface area contributed by atoms with Crippen LogP contribution in [0.15, 0.2) is 29.6 Å². The number of benzene rings is 1. The number of carbonyl (C=O) groups excluding carboxylic acids is 1. The number of anilines is 1. The van der Waals surface area contributed by atoms with E-state index in [0.29, 0.717) is 11.6 Å². The summed E-state index contributed by atoms with van der Waals surface area (Å²) in [5.74, 6) is -0.0158. The maximum absolute atomic E-state index is 12.2. The number of carbonyl (C=O) groups is 1. The van der Waals surface area contributed by atoms with E-state index >= 15 is 0 Å². The molecule has 1 atom stereocenters. The molecular formula is C16H20ClN2OS+. The van der Waals surface area contributed by atoms with E-state index in [1.165, 1.54) is 4.88 Å². The topological polar surface area (TPSA) is 33.5 Å². The molecule has 3 nitrogen and oxygen atoms in total. The van der Waals surface area contributed by atoms with E-state index in [4.69, 9.17) is 11.6 Å². The molecule has 2 N–H and O–H groups in total. The van der Waals surface area contributed by atoms with Crippen LogP contribution in [0.3, 0.4) is 0 Å². The molecule has 5 heteroatoms. The number of likely N-dealkylation sites (N-methyl/N-ethyl adjacent to an activating group) is 1. The molecule has 2 aromatic rings. The average Bonchev–Trinajstić information content (AvgIpc) is 2.86. The van der Waals surface area contributed by atoms with Gasteiger partial charge in [0.2, 0.25) is 0 Å². The molecule has 0 aliphatic rings. The molecule has 1 unspecified atom stereocenters. The number of nitrogens with one attached hydrogen (secondary N) is 2. The fraction of sp³-hybridized carbons (Fsp3) is 0.312. The van der Waals surface area contributed by atoms with Crippen molar-refractivity contribution in [2.75, 3.05) is 18.9 Å². The summed E-state index contributed by atoms with van der Waals surface area (Å²) in [7, 11) is 2.02. The fourth-order valence-corrected chi connectivity index (χ4v) is 3.49. The minimum Gasteiger partial charge on any atom is -0.325 e. The van der Waals surface area contributed by atoms with Gasteiger partial charge < -0.3 is 10.2 Å². The lowest BCUT2D eigenvalue weighted by molar-refractivity contribution is -0.884. The maximum Gasteiger partial charge on any atom is 0.279 e. The SMILES string of the molecule is Cc1cc(C)c(NC(=O)C[NH+](C)Cc2cccs2)c(Cl)c1.